The molecule has 0 bridgehead atoms. The van der Waals surface area contributed by atoms with Crippen LogP contribution in [0.5, 0.6) is 0 Å². The SMILES string of the molecule is CN1CCC(CCC2CC2)CC1. The maximum absolute atomic E-state index is 2.47. The van der Waals surface area contributed by atoms with Gasteiger partial charge in [0.2, 0.25) is 0 Å². The van der Waals surface area contributed by atoms with Crippen LogP contribution in [0, 0.1) is 11.8 Å². The first-order chi connectivity index (χ1) is 5.84. The Hall–Kier alpha value is -0.0400. The summed E-state index contributed by atoms with van der Waals surface area (Å²) in [7, 11) is 2.25. The van der Waals surface area contributed by atoms with Crippen LogP contribution in [0.15, 0.2) is 0 Å². The second-order valence-electron chi connectivity index (χ2n) is 4.77. The molecule has 0 aromatic rings. The fourth-order valence-corrected chi connectivity index (χ4v) is 2.23. The van der Waals surface area contributed by atoms with E-state index in [0.29, 0.717) is 0 Å². The van der Waals surface area contributed by atoms with Crippen molar-refractivity contribution >= 4 is 0 Å². The minimum Gasteiger partial charge on any atom is -0.306 e. The Bertz CT molecular complexity index is 132. The third-order valence-electron chi connectivity index (χ3n) is 3.52. The highest BCUT2D eigenvalue weighted by atomic mass is 15.1. The van der Waals surface area contributed by atoms with E-state index in [1.807, 2.05) is 0 Å². The molecule has 2 rings (SSSR count). The topological polar surface area (TPSA) is 3.24 Å². The lowest BCUT2D eigenvalue weighted by molar-refractivity contribution is 0.209. The Morgan fingerprint density at radius 2 is 1.42 bits per heavy atom. The molecule has 12 heavy (non-hydrogen) atoms. The van der Waals surface area contributed by atoms with Crippen LogP contribution in [0.2, 0.25) is 0 Å². The van der Waals surface area contributed by atoms with Crippen LogP contribution in [0.4, 0.5) is 0 Å². The van der Waals surface area contributed by atoms with Crippen molar-refractivity contribution in [1.82, 2.24) is 4.90 Å². The summed E-state index contributed by atoms with van der Waals surface area (Å²) in [5.41, 5.74) is 0. The third-order valence-corrected chi connectivity index (χ3v) is 3.52. The number of rotatable bonds is 3. The van der Waals surface area contributed by atoms with Crippen molar-refractivity contribution in [2.45, 2.75) is 38.5 Å². The van der Waals surface area contributed by atoms with Crippen molar-refractivity contribution in [2.24, 2.45) is 11.8 Å². The molecular weight excluding hydrogens is 146 g/mol. The molecule has 1 heterocycles. The van der Waals surface area contributed by atoms with Crippen LogP contribution in [-0.2, 0) is 0 Å². The van der Waals surface area contributed by atoms with E-state index in [1.54, 1.807) is 0 Å². The van der Waals surface area contributed by atoms with E-state index in [9.17, 15) is 0 Å². The van der Waals surface area contributed by atoms with Crippen molar-refractivity contribution in [3.05, 3.63) is 0 Å². The highest BCUT2D eigenvalue weighted by Crippen LogP contribution is 2.36. The summed E-state index contributed by atoms with van der Waals surface area (Å²) in [6.45, 7) is 2.69. The maximum Gasteiger partial charge on any atom is -0.00191 e. The number of likely N-dealkylation sites (tertiary alicyclic amines) is 1. The van der Waals surface area contributed by atoms with Crippen LogP contribution in [-0.4, -0.2) is 25.0 Å². The molecule has 70 valence electrons. The molecule has 1 heteroatoms. The number of hydrogen-bond acceptors (Lipinski definition) is 1. The first-order valence-corrected chi connectivity index (χ1v) is 5.53. The summed E-state index contributed by atoms with van der Waals surface area (Å²) in [5, 5.41) is 0. The van der Waals surface area contributed by atoms with E-state index in [2.05, 4.69) is 11.9 Å². The molecule has 0 spiro atoms. The molecule has 0 N–H and O–H groups in total. The highest BCUT2D eigenvalue weighted by molar-refractivity contribution is 4.76. The summed E-state index contributed by atoms with van der Waals surface area (Å²) in [5.74, 6) is 2.21. The average molecular weight is 167 g/mol. The van der Waals surface area contributed by atoms with E-state index in [4.69, 9.17) is 0 Å². The predicted octanol–water partition coefficient (Wildman–Crippen LogP) is 2.52. The van der Waals surface area contributed by atoms with E-state index in [-0.39, 0.29) is 0 Å². The third kappa shape index (κ3) is 2.48. The van der Waals surface area contributed by atoms with E-state index >= 15 is 0 Å². The van der Waals surface area contributed by atoms with Crippen molar-refractivity contribution in [2.75, 3.05) is 20.1 Å². The second kappa shape index (κ2) is 3.78. The van der Waals surface area contributed by atoms with Crippen molar-refractivity contribution < 1.29 is 0 Å². The fraction of sp³-hybridized carbons (Fsp3) is 1.00. The minimum absolute atomic E-state index is 1.07. The number of nitrogens with zero attached hydrogens (tertiary/aromatic N) is 1. The molecule has 2 fully saturated rings. The van der Waals surface area contributed by atoms with E-state index in [0.717, 1.165) is 11.8 Å². The Morgan fingerprint density at radius 3 is 1.92 bits per heavy atom. The van der Waals surface area contributed by atoms with Gasteiger partial charge in [0.25, 0.3) is 0 Å². The Morgan fingerprint density at radius 1 is 0.917 bits per heavy atom. The molecule has 0 aromatic carbocycles. The van der Waals surface area contributed by atoms with Gasteiger partial charge in [-0.1, -0.05) is 25.7 Å². The second-order valence-corrected chi connectivity index (χ2v) is 4.77. The zero-order chi connectivity index (χ0) is 8.39. The van der Waals surface area contributed by atoms with Crippen molar-refractivity contribution in [3.8, 4) is 0 Å². The van der Waals surface area contributed by atoms with Crippen molar-refractivity contribution in [3.63, 3.8) is 0 Å². The predicted molar refractivity (Wildman–Crippen MR) is 52.2 cm³/mol. The first kappa shape index (κ1) is 8.55. The van der Waals surface area contributed by atoms with Crippen LogP contribution in [0.25, 0.3) is 0 Å². The zero-order valence-electron chi connectivity index (χ0n) is 8.26. The summed E-state index contributed by atoms with van der Waals surface area (Å²) >= 11 is 0. The van der Waals surface area contributed by atoms with Crippen LogP contribution in [0.1, 0.15) is 38.5 Å². The molecule has 0 amide bonds. The monoisotopic (exact) mass is 167 g/mol. The number of piperidine rings is 1. The molecule has 0 aromatic heterocycles. The largest absolute Gasteiger partial charge is 0.306 e. The summed E-state index contributed by atoms with van der Waals surface area (Å²) in [4.78, 5) is 2.47. The average Bonchev–Trinajstić information content (AvgIpc) is 2.87. The molecule has 1 nitrogen and oxygen atoms in total. The normalized spacial score (nSPS) is 27.8. The highest BCUT2D eigenvalue weighted by Gasteiger charge is 2.23. The lowest BCUT2D eigenvalue weighted by Gasteiger charge is -2.28. The first-order valence-electron chi connectivity index (χ1n) is 5.53. The maximum atomic E-state index is 2.47. The summed E-state index contributed by atoms with van der Waals surface area (Å²) in [6.07, 6.45) is 9.05. The Balaban J connectivity index is 1.60. The van der Waals surface area contributed by atoms with Gasteiger partial charge < -0.3 is 4.90 Å². The van der Waals surface area contributed by atoms with Gasteiger partial charge in [-0.05, 0) is 44.8 Å². The summed E-state index contributed by atoms with van der Waals surface area (Å²) in [6, 6.07) is 0. The lowest BCUT2D eigenvalue weighted by Crippen LogP contribution is -2.30. The van der Waals surface area contributed by atoms with Gasteiger partial charge in [-0.25, -0.2) is 0 Å². The van der Waals surface area contributed by atoms with Gasteiger partial charge in [0.1, 0.15) is 0 Å². The van der Waals surface area contributed by atoms with Crippen LogP contribution < -0.4 is 0 Å². The van der Waals surface area contributed by atoms with E-state index < -0.39 is 0 Å². The van der Waals surface area contributed by atoms with Gasteiger partial charge in [0, 0.05) is 0 Å². The van der Waals surface area contributed by atoms with Gasteiger partial charge in [0.05, 0.1) is 0 Å². The van der Waals surface area contributed by atoms with E-state index in [1.165, 1.54) is 51.6 Å². The van der Waals surface area contributed by atoms with Gasteiger partial charge in [-0.2, -0.15) is 0 Å². The quantitative estimate of drug-likeness (QED) is 0.624. The number of hydrogen-bond donors (Lipinski definition) is 0. The molecule has 1 saturated carbocycles. The fourth-order valence-electron chi connectivity index (χ4n) is 2.23. The standard InChI is InChI=1S/C11H21N/c1-12-8-6-11(7-9-12)5-4-10-2-3-10/h10-11H,2-9H2,1H3. The van der Waals surface area contributed by atoms with Crippen LogP contribution >= 0.6 is 0 Å². The Labute approximate surface area is 76.1 Å². The smallest absolute Gasteiger partial charge is 0.00191 e. The minimum atomic E-state index is 1.07. The molecular formula is C11H21N. The van der Waals surface area contributed by atoms with Gasteiger partial charge in [0.15, 0.2) is 0 Å². The van der Waals surface area contributed by atoms with Gasteiger partial charge in [-0.3, -0.25) is 0 Å². The van der Waals surface area contributed by atoms with Gasteiger partial charge in [-0.15, -0.1) is 0 Å². The molecule has 1 aliphatic heterocycles. The lowest BCUT2D eigenvalue weighted by atomic mass is 9.91. The molecule has 0 atom stereocenters. The van der Waals surface area contributed by atoms with Crippen molar-refractivity contribution in [1.29, 1.82) is 0 Å². The summed E-state index contributed by atoms with van der Waals surface area (Å²) < 4.78 is 0. The molecule has 0 unspecified atom stereocenters. The molecule has 0 radical (unpaired) electrons. The Kier molecular flexibility index (Phi) is 2.69. The molecule has 1 aliphatic carbocycles. The molecule has 2 aliphatic rings. The zero-order valence-corrected chi connectivity index (χ0v) is 8.26. The van der Waals surface area contributed by atoms with Crippen LogP contribution in [0.3, 0.4) is 0 Å². The molecule has 1 saturated heterocycles. The van der Waals surface area contributed by atoms with Gasteiger partial charge >= 0.3 is 0 Å².